The topological polar surface area (TPSA) is 40.1 Å². The van der Waals surface area contributed by atoms with Gasteiger partial charge in [0.15, 0.2) is 0 Å². The van der Waals surface area contributed by atoms with Gasteiger partial charge in [-0.25, -0.2) is 4.39 Å². The lowest BCUT2D eigenvalue weighted by atomic mass is 9.96. The van der Waals surface area contributed by atoms with Crippen molar-refractivity contribution in [1.29, 1.82) is 0 Å². The number of anilines is 1. The van der Waals surface area contributed by atoms with Crippen molar-refractivity contribution >= 4 is 12.0 Å². The van der Waals surface area contributed by atoms with Crippen LogP contribution >= 0.6 is 0 Å². The largest absolute Gasteiger partial charge is 0.344 e. The van der Waals surface area contributed by atoms with Crippen LogP contribution in [0.5, 0.6) is 0 Å². The van der Waals surface area contributed by atoms with Crippen LogP contribution in [0, 0.1) is 5.82 Å². The number of hydrogen-bond donors (Lipinski definition) is 1. The molecular formula is C27H43FN4O. The van der Waals surface area contributed by atoms with Crippen LogP contribution in [0.25, 0.3) is 0 Å². The van der Waals surface area contributed by atoms with Gasteiger partial charge in [0.2, 0.25) is 6.35 Å². The summed E-state index contributed by atoms with van der Waals surface area (Å²) in [6.45, 7) is 8.71. The molecule has 1 N–H and O–H groups in total. The third-order valence-corrected chi connectivity index (χ3v) is 7.27. The number of aliphatic imine (C=N–C) groups is 1. The lowest BCUT2D eigenvalue weighted by molar-refractivity contribution is 0.0653. The molecule has 3 atom stereocenters. The first-order chi connectivity index (χ1) is 16.0. The number of methoxy groups -OCH3 is 1. The molecule has 1 aliphatic heterocycles. The second-order valence-corrected chi connectivity index (χ2v) is 9.64. The molecule has 0 spiro atoms. The molecule has 1 saturated carbocycles. The van der Waals surface area contributed by atoms with Crippen LogP contribution in [0.4, 0.5) is 10.1 Å². The van der Waals surface area contributed by atoms with Gasteiger partial charge in [0.1, 0.15) is 5.82 Å². The molecule has 1 aliphatic carbocycles. The van der Waals surface area contributed by atoms with Gasteiger partial charge in [-0.15, -0.1) is 0 Å². The number of allylic oxidation sites excluding steroid dienone is 1. The van der Waals surface area contributed by atoms with Gasteiger partial charge < -0.3 is 15.0 Å². The Kier molecular flexibility index (Phi) is 10.2. The Bertz CT molecular complexity index is 777. The number of nitrogens with zero attached hydrogens (tertiary/aromatic N) is 3. The van der Waals surface area contributed by atoms with Crippen LogP contribution < -0.4 is 10.2 Å². The third kappa shape index (κ3) is 7.54. The zero-order valence-corrected chi connectivity index (χ0v) is 21.0. The highest BCUT2D eigenvalue weighted by molar-refractivity contribution is 5.57. The Morgan fingerprint density at radius 3 is 2.76 bits per heavy atom. The molecule has 0 bridgehead atoms. The number of benzene rings is 1. The van der Waals surface area contributed by atoms with Crippen LogP contribution in [0.1, 0.15) is 72.1 Å². The van der Waals surface area contributed by atoms with Crippen LogP contribution in [-0.2, 0) is 4.74 Å². The number of ether oxygens (including phenoxy) is 1. The number of nitrogens with one attached hydrogen (secondary N) is 1. The Morgan fingerprint density at radius 2 is 2.09 bits per heavy atom. The van der Waals surface area contributed by atoms with Crippen molar-refractivity contribution < 1.29 is 9.13 Å². The number of hydrogen-bond acceptors (Lipinski definition) is 4. The quantitative estimate of drug-likeness (QED) is 0.211. The molecule has 0 aromatic heterocycles. The highest BCUT2D eigenvalue weighted by Gasteiger charge is 2.33. The first kappa shape index (κ1) is 25.7. The Morgan fingerprint density at radius 1 is 1.30 bits per heavy atom. The summed E-state index contributed by atoms with van der Waals surface area (Å²) in [5.74, 6) is -0.228. The maximum atomic E-state index is 14.2. The summed E-state index contributed by atoms with van der Waals surface area (Å²) >= 11 is 0. The van der Waals surface area contributed by atoms with Crippen molar-refractivity contribution in [2.75, 3.05) is 25.1 Å². The van der Waals surface area contributed by atoms with Gasteiger partial charge in [-0.2, -0.15) is 0 Å². The van der Waals surface area contributed by atoms with E-state index in [2.05, 4.69) is 42.0 Å². The molecule has 3 rings (SSSR count). The Labute approximate surface area is 200 Å². The van der Waals surface area contributed by atoms with Gasteiger partial charge in [-0.1, -0.05) is 43.9 Å². The first-order valence-electron chi connectivity index (χ1n) is 12.8. The monoisotopic (exact) mass is 458 g/mol. The zero-order chi connectivity index (χ0) is 23.6. The van der Waals surface area contributed by atoms with Crippen molar-refractivity contribution in [3.8, 4) is 0 Å². The molecule has 1 heterocycles. The van der Waals surface area contributed by atoms with E-state index in [-0.39, 0.29) is 11.9 Å². The normalized spacial score (nSPS) is 24.2. The van der Waals surface area contributed by atoms with Gasteiger partial charge in [-0.05, 0) is 64.2 Å². The molecule has 2 unspecified atom stereocenters. The summed E-state index contributed by atoms with van der Waals surface area (Å²) in [5, 5.41) is 3.37. The first-order valence-corrected chi connectivity index (χ1v) is 12.8. The number of likely N-dealkylation sites (tertiary alicyclic amines) is 1. The van der Waals surface area contributed by atoms with Crippen molar-refractivity contribution in [3.05, 3.63) is 41.7 Å². The minimum atomic E-state index is -0.398. The van der Waals surface area contributed by atoms with E-state index in [1.807, 2.05) is 12.4 Å². The van der Waals surface area contributed by atoms with Crippen molar-refractivity contribution in [3.63, 3.8) is 0 Å². The molecule has 184 valence electrons. The maximum absolute atomic E-state index is 14.2. The van der Waals surface area contributed by atoms with Gasteiger partial charge in [0.25, 0.3) is 0 Å². The smallest absolute Gasteiger partial charge is 0.208 e. The molecule has 5 nitrogen and oxygen atoms in total. The van der Waals surface area contributed by atoms with E-state index in [9.17, 15) is 4.39 Å². The van der Waals surface area contributed by atoms with Crippen molar-refractivity contribution in [2.45, 2.75) is 96.6 Å². The zero-order valence-electron chi connectivity index (χ0n) is 21.0. The van der Waals surface area contributed by atoms with Gasteiger partial charge >= 0.3 is 0 Å². The summed E-state index contributed by atoms with van der Waals surface area (Å²) in [6.07, 6.45) is 13.0. The minimum Gasteiger partial charge on any atom is -0.344 e. The molecule has 2 fully saturated rings. The molecule has 0 amide bonds. The Balaban J connectivity index is 1.73. The standard InChI is InChI=1S/C27H43FN4O/c1-5-21(2)14-16-31-17-15-26(18-22(31)3)32(25-13-9-10-23(28)19-25)27(33-4)30-20-29-24-11-7-6-8-12-24/h9-10,13-14,19-20,22,24,26-27H,5-8,11-12,15-18H2,1-4H3,(H,29,30)/b21-14+/t22-,26?,27?/m0/s1. The predicted molar refractivity (Wildman–Crippen MR) is 136 cm³/mol. The molecule has 1 aromatic carbocycles. The SMILES string of the molecule is CC/C(C)=C/CN1CCC(N(c2cccc(F)c2)C(NC=NC2CCCCC2)OC)C[C@@H]1C. The maximum Gasteiger partial charge on any atom is 0.208 e. The van der Waals surface area contributed by atoms with E-state index >= 15 is 0 Å². The fourth-order valence-electron chi connectivity index (χ4n) is 5.02. The molecular weight excluding hydrogens is 415 g/mol. The van der Waals surface area contributed by atoms with Gasteiger partial charge in [0, 0.05) is 38.0 Å². The lowest BCUT2D eigenvalue weighted by Gasteiger charge is -2.45. The van der Waals surface area contributed by atoms with Crippen LogP contribution in [0.2, 0.25) is 0 Å². The van der Waals surface area contributed by atoms with E-state index in [1.54, 1.807) is 19.2 Å². The average Bonchev–Trinajstić information content (AvgIpc) is 2.83. The van der Waals surface area contributed by atoms with Crippen molar-refractivity contribution in [2.24, 2.45) is 4.99 Å². The van der Waals surface area contributed by atoms with E-state index in [0.29, 0.717) is 12.1 Å². The van der Waals surface area contributed by atoms with Crippen LogP contribution in [-0.4, -0.2) is 55.9 Å². The Hall–Kier alpha value is -1.92. The van der Waals surface area contributed by atoms with Crippen LogP contribution in [0.15, 0.2) is 40.9 Å². The van der Waals surface area contributed by atoms with E-state index in [0.717, 1.165) is 50.9 Å². The fourth-order valence-corrected chi connectivity index (χ4v) is 5.02. The summed E-state index contributed by atoms with van der Waals surface area (Å²) in [7, 11) is 1.70. The summed E-state index contributed by atoms with van der Waals surface area (Å²) in [6, 6.07) is 7.93. The molecule has 6 heteroatoms. The molecule has 33 heavy (non-hydrogen) atoms. The van der Waals surface area contributed by atoms with E-state index < -0.39 is 6.35 Å². The molecule has 1 aromatic rings. The second kappa shape index (κ2) is 13.1. The average molecular weight is 459 g/mol. The second-order valence-electron chi connectivity index (χ2n) is 9.64. The number of rotatable bonds is 10. The molecule has 1 saturated heterocycles. The minimum absolute atomic E-state index is 0.228. The summed E-state index contributed by atoms with van der Waals surface area (Å²) < 4.78 is 20.1. The third-order valence-electron chi connectivity index (χ3n) is 7.27. The summed E-state index contributed by atoms with van der Waals surface area (Å²) in [4.78, 5) is 9.50. The van der Waals surface area contributed by atoms with E-state index in [1.165, 1.54) is 30.9 Å². The lowest BCUT2D eigenvalue weighted by Crippen LogP contribution is -2.56. The highest BCUT2D eigenvalue weighted by atomic mass is 19.1. The fraction of sp³-hybridized carbons (Fsp3) is 0.667. The molecule has 0 radical (unpaired) electrons. The summed E-state index contributed by atoms with van der Waals surface area (Å²) in [5.41, 5.74) is 2.28. The number of halogens is 1. The van der Waals surface area contributed by atoms with Gasteiger partial charge in [-0.3, -0.25) is 9.89 Å². The van der Waals surface area contributed by atoms with Crippen molar-refractivity contribution in [1.82, 2.24) is 10.2 Å². The predicted octanol–water partition coefficient (Wildman–Crippen LogP) is 5.72. The number of piperidine rings is 1. The molecule has 2 aliphatic rings. The van der Waals surface area contributed by atoms with Crippen LogP contribution in [0.3, 0.4) is 0 Å². The van der Waals surface area contributed by atoms with E-state index in [4.69, 9.17) is 9.73 Å². The highest BCUT2D eigenvalue weighted by Crippen LogP contribution is 2.29. The van der Waals surface area contributed by atoms with Gasteiger partial charge in [0.05, 0.1) is 12.4 Å².